The molecule has 2 aliphatic rings. The first-order valence-corrected chi connectivity index (χ1v) is 9.19. The molecule has 0 saturated heterocycles. The quantitative estimate of drug-likeness (QED) is 0.641. The summed E-state index contributed by atoms with van der Waals surface area (Å²) < 4.78 is 14.5. The average molecular weight is 358 g/mol. The minimum atomic E-state index is -0.595. The maximum Gasteiger partial charge on any atom is 0.224 e. The second kappa shape index (κ2) is 6.82. The molecule has 1 aromatic heterocycles. The maximum atomic E-state index is 14.5. The van der Waals surface area contributed by atoms with E-state index in [2.05, 4.69) is 17.2 Å². The fourth-order valence-electron chi connectivity index (χ4n) is 3.81. The Hall–Kier alpha value is -2.24. The molecule has 4 N–H and O–H groups in total. The van der Waals surface area contributed by atoms with E-state index in [4.69, 9.17) is 11.1 Å². The van der Waals surface area contributed by atoms with Crippen LogP contribution < -0.4 is 11.1 Å². The lowest BCUT2D eigenvalue weighted by atomic mass is 9.83. The van der Waals surface area contributed by atoms with Gasteiger partial charge in [0.2, 0.25) is 5.91 Å². The molecular weight excluding hydrogens is 331 g/mol. The van der Waals surface area contributed by atoms with Gasteiger partial charge in [-0.1, -0.05) is 6.92 Å². The lowest BCUT2D eigenvalue weighted by Crippen LogP contribution is -2.23. The van der Waals surface area contributed by atoms with E-state index >= 15 is 0 Å². The van der Waals surface area contributed by atoms with Crippen molar-refractivity contribution < 1.29 is 9.18 Å². The van der Waals surface area contributed by atoms with Crippen molar-refractivity contribution in [2.45, 2.75) is 52.9 Å². The van der Waals surface area contributed by atoms with Crippen LogP contribution in [-0.2, 0) is 4.79 Å². The van der Waals surface area contributed by atoms with E-state index in [9.17, 15) is 9.18 Å². The number of nitrogens with two attached hydrogens (primary N) is 1. The summed E-state index contributed by atoms with van der Waals surface area (Å²) in [7, 11) is 0. The molecule has 5 nitrogen and oxygen atoms in total. The number of nitrogens with zero attached hydrogens (tertiary/aromatic N) is 1. The molecule has 2 fully saturated rings. The second-order valence-electron chi connectivity index (χ2n) is 8.09. The highest BCUT2D eigenvalue weighted by Gasteiger charge is 2.51. The summed E-state index contributed by atoms with van der Waals surface area (Å²) in [5.41, 5.74) is 7.22. The molecule has 0 aliphatic heterocycles. The monoisotopic (exact) mass is 358 g/mol. The zero-order valence-electron chi connectivity index (χ0n) is 15.7. The molecule has 3 rings (SSSR count). The number of hydrogen-bond acceptors (Lipinski definition) is 4. The van der Waals surface area contributed by atoms with Gasteiger partial charge in [-0.15, -0.1) is 0 Å². The zero-order valence-corrected chi connectivity index (χ0v) is 15.7. The Morgan fingerprint density at radius 3 is 2.58 bits per heavy atom. The van der Waals surface area contributed by atoms with Crippen LogP contribution in [0.4, 0.5) is 10.1 Å². The van der Waals surface area contributed by atoms with E-state index in [0.29, 0.717) is 35.1 Å². The summed E-state index contributed by atoms with van der Waals surface area (Å²) in [6, 6.07) is 1.25. The standard InChI is InChI=1S/C20H27FN4O/c1-11(22)18(12(2)23)19-16(21)8-14(10-24-19)25-17(26)9-15(13-4-5-13)20(3)6-7-20/h8,10,13,15,22H,4-7,9,23H2,1-3H3,(H,25,26)/b18-12+,22-11?. The number of halogens is 1. The SMILES string of the molecule is CC(=N)/C(=C(/C)N)c1ncc(NC(=O)CC(C2CC2)C2(C)CC2)cc1F. The molecule has 1 atom stereocenters. The molecule has 140 valence electrons. The van der Waals surface area contributed by atoms with Crippen LogP contribution in [0, 0.1) is 28.5 Å². The summed E-state index contributed by atoms with van der Waals surface area (Å²) >= 11 is 0. The lowest BCUT2D eigenvalue weighted by molar-refractivity contribution is -0.117. The highest BCUT2D eigenvalue weighted by molar-refractivity contribution is 6.21. The van der Waals surface area contributed by atoms with Crippen molar-refractivity contribution in [3.8, 4) is 0 Å². The van der Waals surface area contributed by atoms with Gasteiger partial charge in [0.25, 0.3) is 0 Å². The first-order valence-electron chi connectivity index (χ1n) is 9.19. The van der Waals surface area contributed by atoms with Gasteiger partial charge in [-0.3, -0.25) is 9.78 Å². The molecule has 0 bridgehead atoms. The van der Waals surface area contributed by atoms with Crippen LogP contribution in [0.1, 0.15) is 58.6 Å². The number of amides is 1. The number of pyridine rings is 1. The van der Waals surface area contributed by atoms with Gasteiger partial charge >= 0.3 is 0 Å². The third-order valence-electron chi connectivity index (χ3n) is 5.66. The Bertz CT molecular complexity index is 774. The summed E-state index contributed by atoms with van der Waals surface area (Å²) in [5.74, 6) is 0.413. The number of aromatic nitrogens is 1. The third-order valence-corrected chi connectivity index (χ3v) is 5.66. The Balaban J connectivity index is 1.70. The molecule has 26 heavy (non-hydrogen) atoms. The lowest BCUT2D eigenvalue weighted by Gasteiger charge is -2.22. The van der Waals surface area contributed by atoms with Crippen LogP contribution in [0.25, 0.3) is 5.57 Å². The Kier molecular flexibility index (Phi) is 4.86. The van der Waals surface area contributed by atoms with Crippen molar-refractivity contribution in [3.63, 3.8) is 0 Å². The third kappa shape index (κ3) is 3.94. The predicted molar refractivity (Wildman–Crippen MR) is 101 cm³/mol. The van der Waals surface area contributed by atoms with Crippen molar-refractivity contribution in [2.24, 2.45) is 23.0 Å². The van der Waals surface area contributed by atoms with E-state index in [1.807, 2.05) is 0 Å². The molecule has 1 aromatic rings. The van der Waals surface area contributed by atoms with Crippen molar-refractivity contribution in [1.29, 1.82) is 5.41 Å². The fourth-order valence-corrected chi connectivity index (χ4v) is 3.81. The van der Waals surface area contributed by atoms with Crippen LogP contribution >= 0.6 is 0 Å². The summed E-state index contributed by atoms with van der Waals surface area (Å²) in [4.78, 5) is 16.5. The van der Waals surface area contributed by atoms with Gasteiger partial charge in [0.15, 0.2) is 5.82 Å². The van der Waals surface area contributed by atoms with Gasteiger partial charge in [0.1, 0.15) is 5.69 Å². The van der Waals surface area contributed by atoms with Crippen molar-refractivity contribution in [2.75, 3.05) is 5.32 Å². The number of anilines is 1. The molecular formula is C20H27FN4O. The van der Waals surface area contributed by atoms with Crippen LogP contribution in [-0.4, -0.2) is 16.6 Å². The topological polar surface area (TPSA) is 91.9 Å². The summed E-state index contributed by atoms with van der Waals surface area (Å²) in [6.45, 7) is 5.42. The minimum Gasteiger partial charge on any atom is -0.402 e. The van der Waals surface area contributed by atoms with Crippen LogP contribution in [0.5, 0.6) is 0 Å². The number of hydrogen-bond donors (Lipinski definition) is 3. The summed E-state index contributed by atoms with van der Waals surface area (Å²) in [5, 5.41) is 10.5. The van der Waals surface area contributed by atoms with E-state index in [0.717, 1.165) is 0 Å². The van der Waals surface area contributed by atoms with Crippen LogP contribution in [0.3, 0.4) is 0 Å². The molecule has 1 unspecified atom stereocenters. The van der Waals surface area contributed by atoms with Crippen molar-refractivity contribution in [1.82, 2.24) is 4.98 Å². The normalized spacial score (nSPS) is 20.2. The predicted octanol–water partition coefficient (Wildman–Crippen LogP) is 4.10. The molecule has 2 aliphatic carbocycles. The highest BCUT2D eigenvalue weighted by Crippen LogP contribution is 2.59. The molecule has 0 spiro atoms. The van der Waals surface area contributed by atoms with Gasteiger partial charge in [-0.2, -0.15) is 0 Å². The molecule has 0 radical (unpaired) electrons. The Morgan fingerprint density at radius 1 is 1.46 bits per heavy atom. The van der Waals surface area contributed by atoms with E-state index in [-0.39, 0.29) is 22.9 Å². The van der Waals surface area contributed by atoms with Gasteiger partial charge in [-0.25, -0.2) is 4.39 Å². The van der Waals surface area contributed by atoms with Crippen LogP contribution in [0.2, 0.25) is 0 Å². The first-order chi connectivity index (χ1) is 12.2. The molecule has 6 heteroatoms. The molecule has 2 saturated carbocycles. The number of carbonyl (C=O) groups excluding carboxylic acids is 1. The first kappa shape index (κ1) is 18.5. The van der Waals surface area contributed by atoms with Crippen molar-refractivity contribution >= 4 is 22.9 Å². The zero-order chi connectivity index (χ0) is 19.1. The van der Waals surface area contributed by atoms with Gasteiger partial charge in [-0.05, 0) is 56.8 Å². The Labute approximate surface area is 153 Å². The van der Waals surface area contributed by atoms with Gasteiger partial charge in [0, 0.05) is 29.5 Å². The average Bonchev–Trinajstić information content (AvgIpc) is 3.44. The Morgan fingerprint density at radius 2 is 2.12 bits per heavy atom. The number of rotatable bonds is 7. The van der Waals surface area contributed by atoms with E-state index in [1.54, 1.807) is 13.8 Å². The second-order valence-corrected chi connectivity index (χ2v) is 8.09. The number of nitrogens with one attached hydrogen (secondary N) is 2. The van der Waals surface area contributed by atoms with Gasteiger partial charge < -0.3 is 16.5 Å². The minimum absolute atomic E-state index is 0.0387. The molecule has 0 aromatic carbocycles. The fraction of sp³-hybridized carbons (Fsp3) is 0.550. The largest absolute Gasteiger partial charge is 0.402 e. The molecule has 1 heterocycles. The smallest absolute Gasteiger partial charge is 0.224 e. The number of carbonyl (C=O) groups is 1. The number of allylic oxidation sites excluding steroid dienone is 2. The van der Waals surface area contributed by atoms with Crippen LogP contribution in [0.15, 0.2) is 18.0 Å². The van der Waals surface area contributed by atoms with E-state index in [1.165, 1.54) is 37.9 Å². The maximum absolute atomic E-state index is 14.5. The highest BCUT2D eigenvalue weighted by atomic mass is 19.1. The van der Waals surface area contributed by atoms with Gasteiger partial charge in [0.05, 0.1) is 11.9 Å². The van der Waals surface area contributed by atoms with E-state index < -0.39 is 5.82 Å². The van der Waals surface area contributed by atoms with Crippen molar-refractivity contribution in [3.05, 3.63) is 29.5 Å². The summed E-state index contributed by atoms with van der Waals surface area (Å²) in [6.07, 6.45) is 6.74. The molecule has 1 amide bonds.